The minimum Gasteiger partial charge on any atom is -0.303 e. The largest absolute Gasteiger partial charge is 0.303 e. The molecule has 10 heavy (non-hydrogen) atoms. The Balaban J connectivity index is 2.43. The molecule has 0 spiro atoms. The molecule has 0 N–H and O–H groups in total. The molecule has 0 amide bonds. The van der Waals surface area contributed by atoms with Crippen molar-refractivity contribution in [3.8, 4) is 0 Å². The number of carbonyl (C=O) groups excluding carboxylic acids is 1. The van der Waals surface area contributed by atoms with Gasteiger partial charge in [-0.25, -0.2) is 0 Å². The van der Waals surface area contributed by atoms with Gasteiger partial charge in [0.1, 0.15) is 6.29 Å². The van der Waals surface area contributed by atoms with Gasteiger partial charge in [0.2, 0.25) is 0 Å². The van der Waals surface area contributed by atoms with Crippen LogP contribution in [0.4, 0.5) is 0 Å². The quantitative estimate of drug-likeness (QED) is 0.510. The first-order valence-corrected chi connectivity index (χ1v) is 4.19. The van der Waals surface area contributed by atoms with Crippen LogP contribution in [0, 0.1) is 17.8 Å². The smallest absolute Gasteiger partial charge is 0.123 e. The first kappa shape index (κ1) is 7.77. The Morgan fingerprint density at radius 1 is 1.30 bits per heavy atom. The second kappa shape index (κ2) is 3.18. The lowest BCUT2D eigenvalue weighted by Gasteiger charge is -2.28. The van der Waals surface area contributed by atoms with Gasteiger partial charge in [0.05, 0.1) is 0 Å². The van der Waals surface area contributed by atoms with Crippen LogP contribution in [-0.2, 0) is 4.79 Å². The number of hydrogen-bond donors (Lipinski definition) is 0. The van der Waals surface area contributed by atoms with Crippen molar-refractivity contribution >= 4 is 6.29 Å². The highest BCUT2D eigenvalue weighted by atomic mass is 16.1. The van der Waals surface area contributed by atoms with Crippen molar-refractivity contribution < 1.29 is 4.79 Å². The standard InChI is InChI=1S/C9H16O/c1-7-3-4-9(6-10)8(2)5-7/h6-9H,3-5H2,1-2H3/t7-,8-,9-/m1/s1. The lowest BCUT2D eigenvalue weighted by molar-refractivity contribution is -0.113. The van der Waals surface area contributed by atoms with E-state index in [0.29, 0.717) is 11.8 Å². The molecule has 1 fully saturated rings. The molecular formula is C9H16O. The van der Waals surface area contributed by atoms with Gasteiger partial charge in [0, 0.05) is 5.92 Å². The molecule has 1 rings (SSSR count). The van der Waals surface area contributed by atoms with Crippen molar-refractivity contribution in [1.29, 1.82) is 0 Å². The minimum absolute atomic E-state index is 0.358. The van der Waals surface area contributed by atoms with Gasteiger partial charge in [-0.05, 0) is 24.7 Å². The van der Waals surface area contributed by atoms with Crippen LogP contribution in [0.25, 0.3) is 0 Å². The van der Waals surface area contributed by atoms with E-state index in [0.717, 1.165) is 18.6 Å². The van der Waals surface area contributed by atoms with Crippen LogP contribution in [-0.4, -0.2) is 6.29 Å². The van der Waals surface area contributed by atoms with Gasteiger partial charge < -0.3 is 4.79 Å². The zero-order valence-electron chi connectivity index (χ0n) is 6.84. The van der Waals surface area contributed by atoms with E-state index in [2.05, 4.69) is 13.8 Å². The molecule has 1 heteroatoms. The lowest BCUT2D eigenvalue weighted by Crippen LogP contribution is -2.22. The van der Waals surface area contributed by atoms with Gasteiger partial charge in [-0.15, -0.1) is 0 Å². The zero-order chi connectivity index (χ0) is 7.56. The topological polar surface area (TPSA) is 17.1 Å². The molecule has 1 saturated carbocycles. The molecule has 3 atom stereocenters. The third kappa shape index (κ3) is 1.59. The molecule has 0 bridgehead atoms. The summed E-state index contributed by atoms with van der Waals surface area (Å²) in [5.74, 6) is 1.82. The fraction of sp³-hybridized carbons (Fsp3) is 0.889. The second-order valence-corrected chi connectivity index (χ2v) is 3.70. The molecule has 0 saturated heterocycles. The zero-order valence-corrected chi connectivity index (χ0v) is 6.84. The molecule has 0 unspecified atom stereocenters. The summed E-state index contributed by atoms with van der Waals surface area (Å²) in [6.45, 7) is 4.46. The maximum atomic E-state index is 10.5. The Morgan fingerprint density at radius 3 is 2.50 bits per heavy atom. The van der Waals surface area contributed by atoms with E-state index < -0.39 is 0 Å². The average Bonchev–Trinajstić information content (AvgIpc) is 1.88. The van der Waals surface area contributed by atoms with E-state index in [-0.39, 0.29) is 0 Å². The van der Waals surface area contributed by atoms with E-state index in [1.54, 1.807) is 0 Å². The lowest BCUT2D eigenvalue weighted by atomic mass is 9.76. The van der Waals surface area contributed by atoms with Crippen LogP contribution in [0.15, 0.2) is 0 Å². The van der Waals surface area contributed by atoms with Gasteiger partial charge >= 0.3 is 0 Å². The summed E-state index contributed by atoms with van der Waals surface area (Å²) in [6.07, 6.45) is 4.74. The van der Waals surface area contributed by atoms with E-state index in [1.807, 2.05) is 0 Å². The Kier molecular flexibility index (Phi) is 2.47. The van der Waals surface area contributed by atoms with E-state index >= 15 is 0 Å². The molecule has 0 aromatic rings. The third-order valence-corrected chi connectivity index (χ3v) is 2.67. The predicted octanol–water partition coefficient (Wildman–Crippen LogP) is 2.26. The number of carbonyl (C=O) groups is 1. The number of rotatable bonds is 1. The molecule has 58 valence electrons. The van der Waals surface area contributed by atoms with Gasteiger partial charge in [0.15, 0.2) is 0 Å². The second-order valence-electron chi connectivity index (χ2n) is 3.70. The van der Waals surface area contributed by atoms with Crippen molar-refractivity contribution in [2.75, 3.05) is 0 Å². The highest BCUT2D eigenvalue weighted by Gasteiger charge is 2.24. The maximum Gasteiger partial charge on any atom is 0.123 e. The van der Waals surface area contributed by atoms with Crippen molar-refractivity contribution in [3.05, 3.63) is 0 Å². The molecule has 1 nitrogen and oxygen atoms in total. The summed E-state index contributed by atoms with van der Waals surface area (Å²) in [4.78, 5) is 10.5. The summed E-state index contributed by atoms with van der Waals surface area (Å²) in [6, 6.07) is 0. The van der Waals surface area contributed by atoms with Gasteiger partial charge in [-0.1, -0.05) is 20.3 Å². The predicted molar refractivity (Wildman–Crippen MR) is 41.7 cm³/mol. The van der Waals surface area contributed by atoms with Crippen molar-refractivity contribution in [2.45, 2.75) is 33.1 Å². The van der Waals surface area contributed by atoms with Crippen molar-refractivity contribution in [1.82, 2.24) is 0 Å². The Hall–Kier alpha value is -0.330. The van der Waals surface area contributed by atoms with Gasteiger partial charge in [-0.3, -0.25) is 0 Å². The maximum absolute atomic E-state index is 10.5. The van der Waals surface area contributed by atoms with Crippen LogP contribution < -0.4 is 0 Å². The SMILES string of the molecule is C[C@@H]1CC[C@H](C=O)[C@H](C)C1. The molecule has 0 heterocycles. The van der Waals surface area contributed by atoms with Crippen LogP contribution in [0.5, 0.6) is 0 Å². The number of aldehydes is 1. The summed E-state index contributed by atoms with van der Waals surface area (Å²) >= 11 is 0. The monoisotopic (exact) mass is 140 g/mol. The van der Waals surface area contributed by atoms with E-state index in [4.69, 9.17) is 0 Å². The summed E-state index contributed by atoms with van der Waals surface area (Å²) < 4.78 is 0. The molecule has 0 radical (unpaired) electrons. The van der Waals surface area contributed by atoms with Crippen molar-refractivity contribution in [3.63, 3.8) is 0 Å². The van der Waals surface area contributed by atoms with Crippen LogP contribution >= 0.6 is 0 Å². The molecule has 0 aromatic carbocycles. The number of hydrogen-bond acceptors (Lipinski definition) is 1. The first-order valence-electron chi connectivity index (χ1n) is 4.19. The Morgan fingerprint density at radius 2 is 2.00 bits per heavy atom. The summed E-state index contributed by atoms with van der Waals surface area (Å²) in [5.41, 5.74) is 0. The normalized spacial score (nSPS) is 41.2. The van der Waals surface area contributed by atoms with Crippen LogP contribution in [0.3, 0.4) is 0 Å². The van der Waals surface area contributed by atoms with Gasteiger partial charge in [0.25, 0.3) is 0 Å². The molecule has 0 aromatic heterocycles. The van der Waals surface area contributed by atoms with E-state index in [1.165, 1.54) is 12.8 Å². The molecule has 0 aliphatic heterocycles. The molecule has 1 aliphatic rings. The third-order valence-electron chi connectivity index (χ3n) is 2.67. The first-order chi connectivity index (χ1) is 4.74. The van der Waals surface area contributed by atoms with E-state index in [9.17, 15) is 4.79 Å². The highest BCUT2D eigenvalue weighted by Crippen LogP contribution is 2.31. The van der Waals surface area contributed by atoms with Crippen LogP contribution in [0.1, 0.15) is 33.1 Å². The van der Waals surface area contributed by atoms with Gasteiger partial charge in [-0.2, -0.15) is 0 Å². The average molecular weight is 140 g/mol. The molecular weight excluding hydrogens is 124 g/mol. The Bertz CT molecular complexity index is 120. The summed E-state index contributed by atoms with van der Waals surface area (Å²) in [7, 11) is 0. The highest BCUT2D eigenvalue weighted by molar-refractivity contribution is 5.54. The Labute approximate surface area is 62.8 Å². The van der Waals surface area contributed by atoms with Crippen molar-refractivity contribution in [2.24, 2.45) is 17.8 Å². The summed E-state index contributed by atoms with van der Waals surface area (Å²) in [5, 5.41) is 0. The van der Waals surface area contributed by atoms with Crippen LogP contribution in [0.2, 0.25) is 0 Å². The minimum atomic E-state index is 0.358. The molecule has 1 aliphatic carbocycles. The fourth-order valence-corrected chi connectivity index (χ4v) is 1.89. The fourth-order valence-electron chi connectivity index (χ4n) is 1.89.